The van der Waals surface area contributed by atoms with E-state index in [0.29, 0.717) is 19.3 Å². The van der Waals surface area contributed by atoms with Crippen LogP contribution < -0.4 is 15.4 Å². The molecule has 1 atom stereocenters. The minimum Gasteiger partial charge on any atom is -0.494 e. The normalized spacial score (nSPS) is 18.9. The first kappa shape index (κ1) is 26.6. The Balaban J connectivity index is 0.000000469. The summed E-state index contributed by atoms with van der Waals surface area (Å²) in [6.45, 7) is 8.38. The van der Waals surface area contributed by atoms with E-state index in [9.17, 15) is 4.39 Å². The SMILES string of the molecule is CCN1CCCC1CN1CN(Cc2ccnc(N)n2)CN(c2ccc(OC)c(F)c2)C1.c1ncncn1. The van der Waals surface area contributed by atoms with Crippen LogP contribution in [0.3, 0.4) is 0 Å². The van der Waals surface area contributed by atoms with Gasteiger partial charge in [-0.15, -0.1) is 0 Å². The summed E-state index contributed by atoms with van der Waals surface area (Å²) in [5.41, 5.74) is 7.49. The fourth-order valence-corrected chi connectivity index (χ4v) is 4.88. The number of hydrogen-bond acceptors (Lipinski definition) is 11. The van der Waals surface area contributed by atoms with E-state index in [4.69, 9.17) is 10.5 Å². The third-order valence-corrected chi connectivity index (χ3v) is 6.53. The summed E-state index contributed by atoms with van der Waals surface area (Å²) in [6.07, 6.45) is 8.48. The Bertz CT molecular complexity index is 1080. The van der Waals surface area contributed by atoms with Gasteiger partial charge in [-0.25, -0.2) is 29.3 Å². The number of benzene rings is 1. The summed E-state index contributed by atoms with van der Waals surface area (Å²) >= 11 is 0. The Morgan fingerprint density at radius 3 is 2.46 bits per heavy atom. The maximum absolute atomic E-state index is 14.4. The zero-order valence-corrected chi connectivity index (χ0v) is 21.4. The number of methoxy groups -OCH3 is 1. The monoisotopic (exact) mass is 510 g/mol. The molecule has 0 spiro atoms. The van der Waals surface area contributed by atoms with Gasteiger partial charge < -0.3 is 15.4 Å². The molecule has 37 heavy (non-hydrogen) atoms. The molecule has 5 rings (SSSR count). The van der Waals surface area contributed by atoms with E-state index in [-0.39, 0.29) is 17.5 Å². The van der Waals surface area contributed by atoms with Gasteiger partial charge in [-0.3, -0.25) is 14.7 Å². The van der Waals surface area contributed by atoms with Crippen LogP contribution >= 0.6 is 0 Å². The third kappa shape index (κ3) is 7.51. The molecule has 1 unspecified atom stereocenters. The first-order chi connectivity index (χ1) is 18.1. The Morgan fingerprint density at radius 1 is 1.05 bits per heavy atom. The molecule has 3 aromatic rings. The number of ether oxygens (including phenoxy) is 1. The molecular formula is C25H35FN10O. The van der Waals surface area contributed by atoms with Crippen molar-refractivity contribution in [2.75, 3.05) is 57.4 Å². The van der Waals surface area contributed by atoms with Crippen molar-refractivity contribution in [2.24, 2.45) is 0 Å². The largest absolute Gasteiger partial charge is 0.494 e. The number of hydrogen-bond donors (Lipinski definition) is 1. The number of nitrogen functional groups attached to an aromatic ring is 1. The number of anilines is 2. The van der Waals surface area contributed by atoms with Crippen LogP contribution in [0.2, 0.25) is 0 Å². The Morgan fingerprint density at radius 2 is 1.81 bits per heavy atom. The molecule has 0 bridgehead atoms. The quantitative estimate of drug-likeness (QED) is 0.504. The summed E-state index contributed by atoms with van der Waals surface area (Å²) < 4.78 is 19.5. The van der Waals surface area contributed by atoms with Gasteiger partial charge in [0, 0.05) is 37.1 Å². The summed E-state index contributed by atoms with van der Waals surface area (Å²) in [5.74, 6) is 0.195. The second-order valence-electron chi connectivity index (χ2n) is 9.09. The summed E-state index contributed by atoms with van der Waals surface area (Å²) in [6, 6.07) is 7.61. The van der Waals surface area contributed by atoms with E-state index in [1.54, 1.807) is 18.3 Å². The second-order valence-corrected chi connectivity index (χ2v) is 9.09. The first-order valence-corrected chi connectivity index (χ1v) is 12.4. The standard InChI is InChI=1S/C22H32FN7O.C3H3N3/c1-3-29-10-4-5-19(29)13-28-14-27(12-17-8-9-25-22(24)26-17)15-30(16-28)18-6-7-21(31-2)20(23)11-18;1-4-2-6-3-5-1/h6-9,11,19H,3-5,10,12-16H2,1-2H3,(H2,24,25,26);1-3H. The average Bonchev–Trinajstić information content (AvgIpc) is 3.37. The smallest absolute Gasteiger partial charge is 0.220 e. The lowest BCUT2D eigenvalue weighted by atomic mass is 10.2. The molecule has 0 amide bonds. The van der Waals surface area contributed by atoms with Crippen LogP contribution in [0, 0.1) is 5.82 Å². The Labute approximate surface area is 217 Å². The topological polar surface area (TPSA) is 113 Å². The van der Waals surface area contributed by atoms with Crippen LogP contribution in [0.15, 0.2) is 49.4 Å². The number of nitrogens with zero attached hydrogens (tertiary/aromatic N) is 9. The highest BCUT2D eigenvalue weighted by Gasteiger charge is 2.30. The van der Waals surface area contributed by atoms with E-state index in [1.807, 2.05) is 12.1 Å². The van der Waals surface area contributed by atoms with Crippen molar-refractivity contribution in [1.29, 1.82) is 0 Å². The fourth-order valence-electron chi connectivity index (χ4n) is 4.88. The van der Waals surface area contributed by atoms with Gasteiger partial charge in [0.25, 0.3) is 0 Å². The predicted octanol–water partition coefficient (Wildman–Crippen LogP) is 2.06. The minimum absolute atomic E-state index is 0.260. The van der Waals surface area contributed by atoms with E-state index >= 15 is 0 Å². The van der Waals surface area contributed by atoms with Gasteiger partial charge in [-0.2, -0.15) is 0 Å². The van der Waals surface area contributed by atoms with Crippen LogP contribution in [-0.4, -0.2) is 92.4 Å². The van der Waals surface area contributed by atoms with Gasteiger partial charge in [-0.05, 0) is 44.1 Å². The molecule has 2 saturated heterocycles. The lowest BCUT2D eigenvalue weighted by Gasteiger charge is -2.44. The van der Waals surface area contributed by atoms with Crippen LogP contribution in [0.5, 0.6) is 5.75 Å². The van der Waals surface area contributed by atoms with Gasteiger partial charge in [0.1, 0.15) is 19.0 Å². The van der Waals surface area contributed by atoms with Crippen molar-refractivity contribution in [3.05, 3.63) is 61.0 Å². The number of halogens is 1. The molecule has 2 N–H and O–H groups in total. The zero-order chi connectivity index (χ0) is 26.0. The number of likely N-dealkylation sites (tertiary alicyclic amines) is 1. The lowest BCUT2D eigenvalue weighted by molar-refractivity contribution is 0.0609. The highest BCUT2D eigenvalue weighted by atomic mass is 19.1. The third-order valence-electron chi connectivity index (χ3n) is 6.53. The van der Waals surface area contributed by atoms with Gasteiger partial charge in [-0.1, -0.05) is 6.92 Å². The van der Waals surface area contributed by atoms with E-state index in [0.717, 1.165) is 37.8 Å². The van der Waals surface area contributed by atoms with Crippen LogP contribution in [0.1, 0.15) is 25.5 Å². The van der Waals surface area contributed by atoms with Gasteiger partial charge in [0.2, 0.25) is 5.95 Å². The maximum Gasteiger partial charge on any atom is 0.220 e. The average molecular weight is 511 g/mol. The summed E-state index contributed by atoms with van der Waals surface area (Å²) in [7, 11) is 1.48. The van der Waals surface area contributed by atoms with Crippen LogP contribution in [-0.2, 0) is 6.54 Å². The molecule has 4 heterocycles. The highest BCUT2D eigenvalue weighted by molar-refractivity contribution is 5.50. The highest BCUT2D eigenvalue weighted by Crippen LogP contribution is 2.27. The Hall–Kier alpha value is -3.48. The van der Waals surface area contributed by atoms with E-state index < -0.39 is 0 Å². The molecule has 11 nitrogen and oxygen atoms in total. The van der Waals surface area contributed by atoms with Crippen LogP contribution in [0.4, 0.5) is 16.0 Å². The van der Waals surface area contributed by atoms with Crippen molar-refractivity contribution in [1.82, 2.24) is 39.6 Å². The number of nitrogens with two attached hydrogens (primary N) is 1. The molecular weight excluding hydrogens is 475 g/mol. The van der Waals surface area contributed by atoms with Crippen LogP contribution in [0.25, 0.3) is 0 Å². The molecule has 1 aromatic carbocycles. The zero-order valence-electron chi connectivity index (χ0n) is 21.4. The lowest BCUT2D eigenvalue weighted by Crippen LogP contribution is -2.57. The van der Waals surface area contributed by atoms with Crippen molar-refractivity contribution in [2.45, 2.75) is 32.4 Å². The maximum atomic E-state index is 14.4. The van der Waals surface area contributed by atoms with Crippen molar-refractivity contribution in [3.63, 3.8) is 0 Å². The molecule has 2 fully saturated rings. The van der Waals surface area contributed by atoms with Crippen molar-refractivity contribution < 1.29 is 9.13 Å². The van der Waals surface area contributed by atoms with Gasteiger partial charge in [0.15, 0.2) is 11.6 Å². The summed E-state index contributed by atoms with van der Waals surface area (Å²) in [4.78, 5) is 28.5. The first-order valence-electron chi connectivity index (χ1n) is 12.4. The number of likely N-dealkylation sites (N-methyl/N-ethyl adjacent to an activating group) is 1. The molecule has 2 aliphatic heterocycles. The predicted molar refractivity (Wildman–Crippen MR) is 139 cm³/mol. The second kappa shape index (κ2) is 13.2. The number of aromatic nitrogens is 5. The Kier molecular flexibility index (Phi) is 9.46. The molecule has 0 radical (unpaired) electrons. The van der Waals surface area contributed by atoms with Crippen molar-refractivity contribution in [3.8, 4) is 5.75 Å². The molecule has 2 aliphatic rings. The van der Waals surface area contributed by atoms with Gasteiger partial charge in [0.05, 0.1) is 32.8 Å². The molecule has 2 aromatic heterocycles. The fraction of sp³-hybridized carbons (Fsp3) is 0.480. The number of rotatable bonds is 7. The molecule has 0 aliphatic carbocycles. The minimum atomic E-state index is -0.347. The molecule has 12 heteroatoms. The van der Waals surface area contributed by atoms with Gasteiger partial charge >= 0.3 is 0 Å². The molecule has 198 valence electrons. The van der Waals surface area contributed by atoms with E-state index in [1.165, 1.54) is 45.5 Å². The molecule has 0 saturated carbocycles. The van der Waals surface area contributed by atoms with Crippen molar-refractivity contribution >= 4 is 11.6 Å². The van der Waals surface area contributed by atoms with E-state index in [2.05, 4.69) is 51.4 Å². The summed E-state index contributed by atoms with van der Waals surface area (Å²) in [5, 5.41) is 0.